The van der Waals surface area contributed by atoms with Gasteiger partial charge in [-0.05, 0) is 53.4 Å². The lowest BCUT2D eigenvalue weighted by atomic mass is 9.67. The van der Waals surface area contributed by atoms with E-state index in [1.54, 1.807) is 11.1 Å². The van der Waals surface area contributed by atoms with Crippen LogP contribution in [0.15, 0.2) is 48.5 Å². The van der Waals surface area contributed by atoms with Crippen LogP contribution < -0.4 is 0 Å². The first-order valence-corrected chi connectivity index (χ1v) is 7.59. The van der Waals surface area contributed by atoms with Gasteiger partial charge in [0.05, 0.1) is 0 Å². The molecule has 2 fully saturated rings. The monoisotopic (exact) mass is 246 g/mol. The Kier molecular flexibility index (Phi) is 1.78. The Morgan fingerprint density at radius 1 is 0.789 bits per heavy atom. The van der Waals surface area contributed by atoms with Crippen molar-refractivity contribution < 1.29 is 0 Å². The number of rotatable bonds is 0. The van der Waals surface area contributed by atoms with Gasteiger partial charge in [0.25, 0.3) is 0 Å². The van der Waals surface area contributed by atoms with Crippen molar-refractivity contribution >= 4 is 0 Å². The molecule has 0 amide bonds. The molecule has 0 heterocycles. The second kappa shape index (κ2) is 3.30. The Labute approximate surface area is 114 Å². The van der Waals surface area contributed by atoms with Crippen LogP contribution >= 0.6 is 0 Å². The van der Waals surface area contributed by atoms with Crippen molar-refractivity contribution in [3.05, 3.63) is 59.7 Å². The quantitative estimate of drug-likeness (QED) is 0.628. The molecular weight excluding hydrogens is 228 g/mol. The number of hydrogen-bond donors (Lipinski definition) is 0. The molecule has 2 saturated carbocycles. The van der Waals surface area contributed by atoms with E-state index in [0.717, 1.165) is 11.8 Å². The maximum absolute atomic E-state index is 2.40. The highest BCUT2D eigenvalue weighted by Crippen LogP contribution is 2.65. The first kappa shape index (κ1) is 10.3. The normalized spacial score (nSPS) is 28.6. The van der Waals surface area contributed by atoms with Crippen LogP contribution in [0.5, 0.6) is 0 Å². The topological polar surface area (TPSA) is 0 Å². The van der Waals surface area contributed by atoms with Crippen LogP contribution in [0.3, 0.4) is 0 Å². The molecule has 0 N–H and O–H groups in total. The summed E-state index contributed by atoms with van der Waals surface area (Å²) in [5.74, 6) is 1.87. The largest absolute Gasteiger partial charge is 0.0619 e. The molecule has 2 aromatic carbocycles. The van der Waals surface area contributed by atoms with Crippen LogP contribution in [0.4, 0.5) is 0 Å². The molecule has 2 atom stereocenters. The van der Waals surface area contributed by atoms with Crippen molar-refractivity contribution in [3.8, 4) is 11.1 Å². The molecule has 0 aliphatic heterocycles. The fraction of sp³-hybridized carbons (Fsp3) is 0.368. The molecule has 0 heteroatoms. The van der Waals surface area contributed by atoms with Gasteiger partial charge in [0.1, 0.15) is 0 Å². The minimum Gasteiger partial charge on any atom is -0.0619 e. The molecule has 0 unspecified atom stereocenters. The maximum Gasteiger partial charge on any atom is 0.0246 e. The van der Waals surface area contributed by atoms with Crippen LogP contribution in [0.25, 0.3) is 11.1 Å². The van der Waals surface area contributed by atoms with Gasteiger partial charge < -0.3 is 0 Å². The third-order valence-electron chi connectivity index (χ3n) is 5.95. The van der Waals surface area contributed by atoms with Gasteiger partial charge >= 0.3 is 0 Å². The van der Waals surface area contributed by atoms with Gasteiger partial charge in [0, 0.05) is 5.41 Å². The first-order chi connectivity index (χ1) is 9.39. The van der Waals surface area contributed by atoms with E-state index in [4.69, 9.17) is 0 Å². The zero-order chi connectivity index (χ0) is 12.4. The van der Waals surface area contributed by atoms with Gasteiger partial charge in [-0.15, -0.1) is 0 Å². The van der Waals surface area contributed by atoms with Crippen LogP contribution in [-0.2, 0) is 5.41 Å². The summed E-state index contributed by atoms with van der Waals surface area (Å²) in [5, 5.41) is 0. The molecular formula is C19H18. The van der Waals surface area contributed by atoms with Gasteiger partial charge in [-0.2, -0.15) is 0 Å². The summed E-state index contributed by atoms with van der Waals surface area (Å²) >= 11 is 0. The molecule has 0 nitrogen and oxygen atoms in total. The zero-order valence-electron chi connectivity index (χ0n) is 11.1. The Bertz CT molecular complexity index is 622. The van der Waals surface area contributed by atoms with E-state index >= 15 is 0 Å². The minimum absolute atomic E-state index is 0.371. The Morgan fingerprint density at radius 2 is 1.42 bits per heavy atom. The average molecular weight is 246 g/mol. The highest BCUT2D eigenvalue weighted by molar-refractivity contribution is 5.81. The van der Waals surface area contributed by atoms with E-state index in [-0.39, 0.29) is 0 Å². The van der Waals surface area contributed by atoms with E-state index in [1.807, 2.05) is 0 Å². The Hall–Kier alpha value is -1.56. The Balaban J connectivity index is 1.87. The summed E-state index contributed by atoms with van der Waals surface area (Å²) in [7, 11) is 0. The maximum atomic E-state index is 2.40. The lowest BCUT2D eigenvalue weighted by Gasteiger charge is -2.36. The van der Waals surface area contributed by atoms with E-state index < -0.39 is 0 Å². The van der Waals surface area contributed by atoms with Crippen LogP contribution in [0.1, 0.15) is 36.8 Å². The van der Waals surface area contributed by atoms with Gasteiger partial charge in [0.15, 0.2) is 0 Å². The molecule has 94 valence electrons. The molecule has 0 aromatic heterocycles. The van der Waals surface area contributed by atoms with E-state index in [0.29, 0.717) is 5.41 Å². The third kappa shape index (κ3) is 1.08. The molecule has 0 saturated heterocycles. The number of fused-ring (bicyclic) bond motifs is 8. The standard InChI is InChI=1S/C19H18/c1-3-7-17-15(5-1)16-6-2-4-8-18(16)19(17)12-13-9-10-14(19)11-13/h1-8,13-14H,9-12H2/t13-,14+/m0/s1. The van der Waals surface area contributed by atoms with Crippen molar-refractivity contribution in [3.63, 3.8) is 0 Å². The summed E-state index contributed by atoms with van der Waals surface area (Å²) in [4.78, 5) is 0. The van der Waals surface area contributed by atoms with E-state index in [2.05, 4.69) is 48.5 Å². The molecule has 19 heavy (non-hydrogen) atoms. The second-order valence-electron chi connectivity index (χ2n) is 6.64. The van der Waals surface area contributed by atoms with Crippen LogP contribution in [-0.4, -0.2) is 0 Å². The fourth-order valence-electron chi connectivity index (χ4n) is 5.35. The molecule has 5 rings (SSSR count). The average Bonchev–Trinajstić information content (AvgIpc) is 3.14. The van der Waals surface area contributed by atoms with Crippen molar-refractivity contribution in [1.82, 2.24) is 0 Å². The number of hydrogen-bond acceptors (Lipinski definition) is 0. The lowest BCUT2D eigenvalue weighted by molar-refractivity contribution is 0.327. The summed E-state index contributed by atoms with van der Waals surface area (Å²) in [6, 6.07) is 18.3. The molecule has 3 aliphatic carbocycles. The highest BCUT2D eigenvalue weighted by Gasteiger charge is 2.56. The fourth-order valence-corrected chi connectivity index (χ4v) is 5.35. The third-order valence-corrected chi connectivity index (χ3v) is 5.95. The first-order valence-electron chi connectivity index (χ1n) is 7.59. The molecule has 2 bridgehead atoms. The van der Waals surface area contributed by atoms with Gasteiger partial charge in [0.2, 0.25) is 0 Å². The summed E-state index contributed by atoms with van der Waals surface area (Å²) in [5.41, 5.74) is 6.64. The SMILES string of the molecule is c1ccc2c(c1)-c1ccccc1C21C[C@H]2CC[C@@H]1C2. The Morgan fingerprint density at radius 3 is 1.95 bits per heavy atom. The predicted octanol–water partition coefficient (Wildman–Crippen LogP) is 4.77. The van der Waals surface area contributed by atoms with E-state index in [1.165, 1.54) is 36.8 Å². The molecule has 0 radical (unpaired) electrons. The van der Waals surface area contributed by atoms with Crippen molar-refractivity contribution in [2.75, 3.05) is 0 Å². The lowest BCUT2D eigenvalue weighted by Crippen LogP contribution is -2.31. The summed E-state index contributed by atoms with van der Waals surface area (Å²) in [6.07, 6.45) is 5.76. The molecule has 1 spiro atoms. The summed E-state index contributed by atoms with van der Waals surface area (Å²) < 4.78 is 0. The highest BCUT2D eigenvalue weighted by atomic mass is 14.6. The zero-order valence-corrected chi connectivity index (χ0v) is 11.1. The predicted molar refractivity (Wildman–Crippen MR) is 78.1 cm³/mol. The van der Waals surface area contributed by atoms with Gasteiger partial charge in [-0.1, -0.05) is 55.0 Å². The van der Waals surface area contributed by atoms with Gasteiger partial charge in [-0.25, -0.2) is 0 Å². The van der Waals surface area contributed by atoms with Gasteiger partial charge in [-0.3, -0.25) is 0 Å². The van der Waals surface area contributed by atoms with Crippen molar-refractivity contribution in [1.29, 1.82) is 0 Å². The second-order valence-corrected chi connectivity index (χ2v) is 6.64. The molecule has 2 aromatic rings. The number of benzene rings is 2. The summed E-state index contributed by atoms with van der Waals surface area (Å²) in [6.45, 7) is 0. The van der Waals surface area contributed by atoms with E-state index in [9.17, 15) is 0 Å². The van der Waals surface area contributed by atoms with Crippen molar-refractivity contribution in [2.24, 2.45) is 11.8 Å². The van der Waals surface area contributed by atoms with Crippen LogP contribution in [0.2, 0.25) is 0 Å². The van der Waals surface area contributed by atoms with Crippen LogP contribution in [0, 0.1) is 11.8 Å². The van der Waals surface area contributed by atoms with Crippen molar-refractivity contribution in [2.45, 2.75) is 31.1 Å². The minimum atomic E-state index is 0.371. The smallest absolute Gasteiger partial charge is 0.0246 e. The molecule has 3 aliphatic rings.